The summed E-state index contributed by atoms with van der Waals surface area (Å²) in [6, 6.07) is 1.83. The third kappa shape index (κ3) is 7.60. The Hall–Kier alpha value is -1.65. The quantitative estimate of drug-likeness (QED) is 0.261. The van der Waals surface area contributed by atoms with Crippen molar-refractivity contribution in [2.24, 2.45) is 10.9 Å². The molecule has 2 heterocycles. The summed E-state index contributed by atoms with van der Waals surface area (Å²) in [5.74, 6) is 2.43. The molecule has 3 rings (SSSR count). The number of hydrogen-bond acceptors (Lipinski definition) is 5. The highest BCUT2D eigenvalue weighted by Crippen LogP contribution is 2.25. The number of anilines is 1. The van der Waals surface area contributed by atoms with Crippen LogP contribution in [-0.4, -0.2) is 73.1 Å². The Balaban J connectivity index is 0.00000300. The van der Waals surface area contributed by atoms with E-state index in [0.29, 0.717) is 25.4 Å². The van der Waals surface area contributed by atoms with Gasteiger partial charge in [0.15, 0.2) is 5.96 Å². The zero-order valence-electron chi connectivity index (χ0n) is 17.3. The van der Waals surface area contributed by atoms with Gasteiger partial charge in [0.25, 0.3) is 0 Å². The molecule has 29 heavy (non-hydrogen) atoms. The average molecular weight is 515 g/mol. The number of hydrogen-bond donors (Lipinski definition) is 2. The molecule has 0 unspecified atom stereocenters. The SMILES string of the molecule is CN=C(NCCNC(=O)CC1CCCCC1)N1CCN(c2ncccn2)CC1.I. The van der Waals surface area contributed by atoms with Crippen LogP contribution in [0, 0.1) is 5.92 Å². The number of halogens is 1. The van der Waals surface area contributed by atoms with Gasteiger partial charge in [-0.15, -0.1) is 24.0 Å². The van der Waals surface area contributed by atoms with Gasteiger partial charge < -0.3 is 20.4 Å². The number of aliphatic imine (C=N–C) groups is 1. The molecular formula is C20H34IN7O. The first-order chi connectivity index (χ1) is 13.8. The predicted molar refractivity (Wildman–Crippen MR) is 127 cm³/mol. The molecule has 0 radical (unpaired) electrons. The summed E-state index contributed by atoms with van der Waals surface area (Å²) in [6.07, 6.45) is 10.5. The third-order valence-corrected chi connectivity index (χ3v) is 5.56. The fourth-order valence-electron chi connectivity index (χ4n) is 4.01. The van der Waals surface area contributed by atoms with Crippen molar-refractivity contribution >= 4 is 41.8 Å². The average Bonchev–Trinajstić information content (AvgIpc) is 2.75. The van der Waals surface area contributed by atoms with Crippen LogP contribution in [0.2, 0.25) is 0 Å². The number of carbonyl (C=O) groups is 1. The standard InChI is InChI=1S/C20H33N7O.HI/c1-21-19(25-11-10-22-18(28)16-17-6-3-2-4-7-17)26-12-14-27(15-13-26)20-23-8-5-9-24-20;/h5,8-9,17H,2-4,6-7,10-16H2,1H3,(H,21,25)(H,22,28);1H. The minimum atomic E-state index is 0. The van der Waals surface area contributed by atoms with Crippen molar-refractivity contribution < 1.29 is 4.79 Å². The molecule has 1 aliphatic heterocycles. The molecular weight excluding hydrogens is 481 g/mol. The van der Waals surface area contributed by atoms with E-state index in [0.717, 1.165) is 38.1 Å². The molecule has 1 saturated carbocycles. The van der Waals surface area contributed by atoms with E-state index in [-0.39, 0.29) is 29.9 Å². The molecule has 8 nitrogen and oxygen atoms in total. The lowest BCUT2D eigenvalue weighted by Crippen LogP contribution is -2.53. The van der Waals surface area contributed by atoms with Crippen molar-refractivity contribution in [2.45, 2.75) is 38.5 Å². The predicted octanol–water partition coefficient (Wildman–Crippen LogP) is 1.88. The Labute approximate surface area is 191 Å². The van der Waals surface area contributed by atoms with E-state index in [4.69, 9.17) is 0 Å². The number of piperazine rings is 1. The maximum atomic E-state index is 12.1. The summed E-state index contributed by atoms with van der Waals surface area (Å²) >= 11 is 0. The van der Waals surface area contributed by atoms with Gasteiger partial charge in [-0.3, -0.25) is 9.79 Å². The highest BCUT2D eigenvalue weighted by atomic mass is 127. The number of amides is 1. The van der Waals surface area contributed by atoms with E-state index < -0.39 is 0 Å². The molecule has 162 valence electrons. The molecule has 1 amide bonds. The van der Waals surface area contributed by atoms with E-state index in [9.17, 15) is 4.79 Å². The Morgan fingerprint density at radius 1 is 1.07 bits per heavy atom. The first kappa shape index (κ1) is 23.6. The molecule has 1 saturated heterocycles. The minimum absolute atomic E-state index is 0. The number of rotatable bonds is 6. The molecule has 9 heteroatoms. The molecule has 0 spiro atoms. The van der Waals surface area contributed by atoms with Crippen LogP contribution in [0.3, 0.4) is 0 Å². The third-order valence-electron chi connectivity index (χ3n) is 5.56. The summed E-state index contributed by atoms with van der Waals surface area (Å²) in [6.45, 7) is 4.77. The van der Waals surface area contributed by atoms with Crippen LogP contribution >= 0.6 is 24.0 Å². The molecule has 1 aromatic rings. The molecule has 2 aliphatic rings. The van der Waals surface area contributed by atoms with Gasteiger partial charge in [-0.25, -0.2) is 9.97 Å². The first-order valence-electron chi connectivity index (χ1n) is 10.5. The second-order valence-electron chi connectivity index (χ2n) is 7.55. The van der Waals surface area contributed by atoms with Crippen LogP contribution in [0.4, 0.5) is 5.95 Å². The van der Waals surface area contributed by atoms with E-state index in [1.807, 2.05) is 6.07 Å². The van der Waals surface area contributed by atoms with Crippen LogP contribution in [0.25, 0.3) is 0 Å². The van der Waals surface area contributed by atoms with Gasteiger partial charge in [0.05, 0.1) is 0 Å². The van der Waals surface area contributed by atoms with Crippen molar-refractivity contribution in [3.8, 4) is 0 Å². The molecule has 2 fully saturated rings. The minimum Gasteiger partial charge on any atom is -0.354 e. The number of nitrogens with one attached hydrogen (secondary N) is 2. The largest absolute Gasteiger partial charge is 0.354 e. The Kier molecular flexibility index (Phi) is 10.4. The van der Waals surface area contributed by atoms with Crippen LogP contribution in [-0.2, 0) is 4.79 Å². The summed E-state index contributed by atoms with van der Waals surface area (Å²) in [5.41, 5.74) is 0. The first-order valence-corrected chi connectivity index (χ1v) is 10.5. The second kappa shape index (κ2) is 12.8. The van der Waals surface area contributed by atoms with Crippen molar-refractivity contribution in [3.63, 3.8) is 0 Å². The van der Waals surface area contributed by atoms with Crippen LogP contribution < -0.4 is 15.5 Å². The van der Waals surface area contributed by atoms with Crippen LogP contribution in [0.1, 0.15) is 38.5 Å². The maximum absolute atomic E-state index is 12.1. The number of carbonyl (C=O) groups excluding carboxylic acids is 1. The monoisotopic (exact) mass is 515 g/mol. The second-order valence-corrected chi connectivity index (χ2v) is 7.55. The van der Waals surface area contributed by atoms with Crippen LogP contribution in [0.5, 0.6) is 0 Å². The smallest absolute Gasteiger partial charge is 0.225 e. The highest BCUT2D eigenvalue weighted by molar-refractivity contribution is 14.0. The van der Waals surface area contributed by atoms with E-state index in [1.165, 1.54) is 32.1 Å². The Bertz CT molecular complexity index is 629. The molecule has 0 aromatic carbocycles. The van der Waals surface area contributed by atoms with Crippen molar-refractivity contribution in [2.75, 3.05) is 51.2 Å². The van der Waals surface area contributed by atoms with Crippen molar-refractivity contribution in [1.82, 2.24) is 25.5 Å². The van der Waals surface area contributed by atoms with Gasteiger partial charge in [0, 0.05) is 65.1 Å². The Morgan fingerprint density at radius 2 is 1.72 bits per heavy atom. The van der Waals surface area contributed by atoms with Crippen molar-refractivity contribution in [1.29, 1.82) is 0 Å². The Morgan fingerprint density at radius 3 is 2.38 bits per heavy atom. The lowest BCUT2D eigenvalue weighted by molar-refractivity contribution is -0.122. The van der Waals surface area contributed by atoms with Gasteiger partial charge in [-0.05, 0) is 24.8 Å². The van der Waals surface area contributed by atoms with E-state index in [1.54, 1.807) is 19.4 Å². The number of nitrogens with zero attached hydrogens (tertiary/aromatic N) is 5. The number of guanidine groups is 1. The molecule has 0 bridgehead atoms. The van der Waals surface area contributed by atoms with E-state index >= 15 is 0 Å². The summed E-state index contributed by atoms with van der Waals surface area (Å²) < 4.78 is 0. The van der Waals surface area contributed by atoms with Crippen LogP contribution in [0.15, 0.2) is 23.5 Å². The molecule has 1 aliphatic carbocycles. The normalized spacial score (nSPS) is 18.2. The molecule has 2 N–H and O–H groups in total. The lowest BCUT2D eigenvalue weighted by atomic mass is 9.87. The molecule has 0 atom stereocenters. The fourth-order valence-corrected chi connectivity index (χ4v) is 4.01. The van der Waals surface area contributed by atoms with Gasteiger partial charge in [-0.2, -0.15) is 0 Å². The maximum Gasteiger partial charge on any atom is 0.225 e. The van der Waals surface area contributed by atoms with Crippen molar-refractivity contribution in [3.05, 3.63) is 18.5 Å². The summed E-state index contributed by atoms with van der Waals surface area (Å²) in [5, 5.41) is 6.41. The van der Waals surface area contributed by atoms with Gasteiger partial charge in [0.1, 0.15) is 0 Å². The van der Waals surface area contributed by atoms with Gasteiger partial charge in [-0.1, -0.05) is 19.3 Å². The zero-order valence-corrected chi connectivity index (χ0v) is 19.7. The zero-order chi connectivity index (χ0) is 19.6. The fraction of sp³-hybridized carbons (Fsp3) is 0.700. The molecule has 1 aromatic heterocycles. The summed E-state index contributed by atoms with van der Waals surface area (Å²) in [7, 11) is 1.80. The van der Waals surface area contributed by atoms with Gasteiger partial charge in [0.2, 0.25) is 11.9 Å². The van der Waals surface area contributed by atoms with E-state index in [2.05, 4.69) is 35.4 Å². The summed E-state index contributed by atoms with van der Waals surface area (Å²) in [4.78, 5) is 29.6. The lowest BCUT2D eigenvalue weighted by Gasteiger charge is -2.36. The topological polar surface area (TPSA) is 85.8 Å². The van der Waals surface area contributed by atoms with Gasteiger partial charge >= 0.3 is 0 Å². The number of aromatic nitrogens is 2. The highest BCUT2D eigenvalue weighted by Gasteiger charge is 2.21.